The summed E-state index contributed by atoms with van der Waals surface area (Å²) >= 11 is 0. The molecule has 162 valence electrons. The molecule has 0 aromatic heterocycles. The maximum Gasteiger partial charge on any atom is 0.0667 e. The van der Waals surface area contributed by atoms with Crippen molar-refractivity contribution in [2.45, 2.75) is 83.0 Å². The minimum absolute atomic E-state index is 0.120. The molecule has 29 heavy (non-hydrogen) atoms. The van der Waals surface area contributed by atoms with E-state index in [0.29, 0.717) is 11.8 Å². The van der Waals surface area contributed by atoms with E-state index in [4.69, 9.17) is 9.05 Å². The summed E-state index contributed by atoms with van der Waals surface area (Å²) in [7, 11) is 4.93. The van der Waals surface area contributed by atoms with Crippen LogP contribution in [-0.4, -0.2) is 23.4 Å². The summed E-state index contributed by atoms with van der Waals surface area (Å²) in [6, 6.07) is 8.78. The van der Waals surface area contributed by atoms with E-state index in [1.165, 1.54) is 24.0 Å². The molecule has 0 radical (unpaired) electrons. The zero-order valence-corrected chi connectivity index (χ0v) is 20.0. The zero-order valence-electron chi connectivity index (χ0n) is 17.7. The molecule has 2 aliphatic carbocycles. The Hall–Kier alpha value is -0.300. The van der Waals surface area contributed by atoms with Gasteiger partial charge in [0.2, 0.25) is 0 Å². The normalized spacial score (nSPS) is 28.3. The molecule has 0 bridgehead atoms. The lowest BCUT2D eigenvalue weighted by atomic mass is 9.84. The number of aliphatic hydroxyl groups excluding tert-OH is 1. The van der Waals surface area contributed by atoms with Crippen molar-refractivity contribution in [3.05, 3.63) is 47.5 Å². The highest BCUT2D eigenvalue weighted by Gasteiger charge is 2.42. The van der Waals surface area contributed by atoms with Crippen LogP contribution in [0.2, 0.25) is 0 Å². The lowest BCUT2D eigenvalue weighted by Crippen LogP contribution is -2.27. The minimum atomic E-state index is -0.271. The molecule has 0 spiro atoms. The third kappa shape index (κ3) is 6.11. The third-order valence-corrected chi connectivity index (χ3v) is 7.74. The number of benzene rings is 1. The number of allylic oxidation sites excluding steroid dienone is 2. The summed E-state index contributed by atoms with van der Waals surface area (Å²) in [4.78, 5) is 0. The number of hydrogen-bond donors (Lipinski definition) is 1. The number of unbranched alkanes of at least 4 members (excludes halogenated alkanes) is 2. The number of rotatable bonds is 11. The molecule has 2 aliphatic rings. The van der Waals surface area contributed by atoms with Gasteiger partial charge >= 0.3 is 0 Å². The molecule has 0 aliphatic heterocycles. The highest BCUT2D eigenvalue weighted by atomic mass is 31.0. The third-order valence-electron chi connectivity index (χ3n) is 7.04. The number of hydrogen-bond acceptors (Lipinski definition) is 3. The Kier molecular flexibility index (Phi) is 9.60. The summed E-state index contributed by atoms with van der Waals surface area (Å²) in [6.45, 7) is 2.22. The van der Waals surface area contributed by atoms with Gasteiger partial charge in [0, 0.05) is 25.4 Å². The summed E-state index contributed by atoms with van der Waals surface area (Å²) in [5.41, 5.74) is 2.95. The van der Waals surface area contributed by atoms with E-state index in [1.807, 2.05) is 0 Å². The van der Waals surface area contributed by atoms with Crippen molar-refractivity contribution >= 4 is 18.9 Å². The lowest BCUT2D eigenvalue weighted by Gasteiger charge is -2.28. The SMILES string of the molecule is CCCC/C=C\C[C@H]1C(O)CC(OP)[C@@H]1CCC(OP)C1Cc2ccccc2C1. The molecule has 1 aromatic rings. The fourth-order valence-electron chi connectivity index (χ4n) is 5.36. The largest absolute Gasteiger partial charge is 0.393 e. The Bertz CT molecular complexity index is 626. The molecule has 0 saturated heterocycles. The predicted octanol–water partition coefficient (Wildman–Crippen LogP) is 5.67. The Morgan fingerprint density at radius 2 is 1.86 bits per heavy atom. The smallest absolute Gasteiger partial charge is 0.0667 e. The van der Waals surface area contributed by atoms with Crippen molar-refractivity contribution in [3.63, 3.8) is 0 Å². The molecule has 0 amide bonds. The Morgan fingerprint density at radius 1 is 1.14 bits per heavy atom. The van der Waals surface area contributed by atoms with Gasteiger partial charge in [0.25, 0.3) is 0 Å². The average molecular weight is 437 g/mol. The topological polar surface area (TPSA) is 38.7 Å². The summed E-state index contributed by atoms with van der Waals surface area (Å²) in [5.74, 6) is 1.20. The van der Waals surface area contributed by atoms with E-state index in [1.54, 1.807) is 0 Å². The molecule has 5 heteroatoms. The average Bonchev–Trinajstić information content (AvgIpc) is 3.29. The van der Waals surface area contributed by atoms with Gasteiger partial charge in [0.1, 0.15) is 0 Å². The van der Waals surface area contributed by atoms with E-state index >= 15 is 0 Å². The van der Waals surface area contributed by atoms with E-state index in [-0.39, 0.29) is 24.2 Å². The van der Waals surface area contributed by atoms with Crippen molar-refractivity contribution in [2.24, 2.45) is 17.8 Å². The monoisotopic (exact) mass is 436 g/mol. The molecule has 3 rings (SSSR count). The number of aliphatic hydroxyl groups is 1. The van der Waals surface area contributed by atoms with Crippen LogP contribution in [0.3, 0.4) is 0 Å². The van der Waals surface area contributed by atoms with Gasteiger partial charge in [-0.05, 0) is 67.4 Å². The van der Waals surface area contributed by atoms with Crippen LogP contribution >= 0.6 is 18.9 Å². The van der Waals surface area contributed by atoms with Gasteiger partial charge in [-0.1, -0.05) is 56.2 Å². The maximum absolute atomic E-state index is 10.7. The first kappa shape index (κ1) is 23.4. The standard InChI is InChI=1S/C24H38O3P2/c1-2-3-4-5-6-11-20-21(24(27-29)16-22(20)25)12-13-23(26-28)19-14-17-9-7-8-10-18(17)15-19/h5-10,19-25H,2-4,11-16,28-29H2,1H3/b6-5-/t20-,21-,22?,23?,24?/m1/s1. The van der Waals surface area contributed by atoms with Gasteiger partial charge in [0.05, 0.1) is 18.3 Å². The van der Waals surface area contributed by atoms with Crippen molar-refractivity contribution in [1.82, 2.24) is 0 Å². The molecule has 1 saturated carbocycles. The molecule has 5 unspecified atom stereocenters. The molecule has 3 nitrogen and oxygen atoms in total. The molecule has 1 fully saturated rings. The fraction of sp³-hybridized carbons (Fsp3) is 0.667. The lowest BCUT2D eigenvalue weighted by molar-refractivity contribution is 0.0983. The Morgan fingerprint density at radius 3 is 2.48 bits per heavy atom. The van der Waals surface area contributed by atoms with Gasteiger partial charge in [0.15, 0.2) is 0 Å². The van der Waals surface area contributed by atoms with Crippen molar-refractivity contribution in [1.29, 1.82) is 0 Å². The van der Waals surface area contributed by atoms with Gasteiger partial charge in [-0.25, -0.2) is 0 Å². The van der Waals surface area contributed by atoms with Gasteiger partial charge < -0.3 is 14.2 Å². The number of fused-ring (bicyclic) bond motifs is 1. The second-order valence-electron chi connectivity index (χ2n) is 8.84. The molecular formula is C24H38O3P2. The Labute approximate surface area is 181 Å². The van der Waals surface area contributed by atoms with E-state index in [9.17, 15) is 5.11 Å². The van der Waals surface area contributed by atoms with Crippen LogP contribution in [0, 0.1) is 17.8 Å². The molecule has 1 aromatic carbocycles. The Balaban J connectivity index is 1.57. The van der Waals surface area contributed by atoms with Crippen LogP contribution < -0.4 is 0 Å². The van der Waals surface area contributed by atoms with Crippen LogP contribution in [0.1, 0.15) is 63.0 Å². The van der Waals surface area contributed by atoms with Gasteiger partial charge in [-0.2, -0.15) is 0 Å². The molecule has 1 N–H and O–H groups in total. The zero-order chi connectivity index (χ0) is 20.6. The first-order valence-electron chi connectivity index (χ1n) is 11.3. The first-order valence-corrected chi connectivity index (χ1v) is 12.2. The second-order valence-corrected chi connectivity index (χ2v) is 9.39. The van der Waals surface area contributed by atoms with E-state index in [0.717, 1.165) is 44.9 Å². The molecule has 0 heterocycles. The van der Waals surface area contributed by atoms with Crippen LogP contribution in [0.5, 0.6) is 0 Å². The van der Waals surface area contributed by atoms with Crippen molar-refractivity contribution in [3.8, 4) is 0 Å². The highest BCUT2D eigenvalue weighted by Crippen LogP contribution is 2.42. The van der Waals surface area contributed by atoms with Crippen LogP contribution in [0.4, 0.5) is 0 Å². The fourth-order valence-corrected chi connectivity index (χ4v) is 6.03. The highest BCUT2D eigenvalue weighted by molar-refractivity contribution is 7.10. The predicted molar refractivity (Wildman–Crippen MR) is 127 cm³/mol. The summed E-state index contributed by atoms with van der Waals surface area (Å²) in [6.07, 6.45) is 14.2. The van der Waals surface area contributed by atoms with Crippen LogP contribution in [0.15, 0.2) is 36.4 Å². The summed E-state index contributed by atoms with van der Waals surface area (Å²) in [5, 5.41) is 10.7. The maximum atomic E-state index is 10.7. The van der Waals surface area contributed by atoms with Crippen molar-refractivity contribution in [2.75, 3.05) is 0 Å². The van der Waals surface area contributed by atoms with Crippen LogP contribution in [0.25, 0.3) is 0 Å². The molecular weight excluding hydrogens is 398 g/mol. The van der Waals surface area contributed by atoms with E-state index < -0.39 is 0 Å². The first-order chi connectivity index (χ1) is 14.2. The van der Waals surface area contributed by atoms with Crippen molar-refractivity contribution < 1.29 is 14.2 Å². The quantitative estimate of drug-likeness (QED) is 0.276. The van der Waals surface area contributed by atoms with E-state index in [2.05, 4.69) is 62.3 Å². The van der Waals surface area contributed by atoms with Gasteiger partial charge in [-0.15, -0.1) is 0 Å². The van der Waals surface area contributed by atoms with Crippen LogP contribution in [-0.2, 0) is 21.9 Å². The minimum Gasteiger partial charge on any atom is -0.393 e. The second kappa shape index (κ2) is 11.9. The van der Waals surface area contributed by atoms with Gasteiger partial charge in [-0.3, -0.25) is 0 Å². The molecule has 7 atom stereocenters. The summed E-state index contributed by atoms with van der Waals surface area (Å²) < 4.78 is 11.6.